The second-order valence-electron chi connectivity index (χ2n) is 3.73. The van der Waals surface area contributed by atoms with E-state index in [1.807, 2.05) is 13.8 Å². The van der Waals surface area contributed by atoms with Crippen LogP contribution in [0.15, 0.2) is 4.52 Å². The summed E-state index contributed by atoms with van der Waals surface area (Å²) in [5.41, 5.74) is 0.560. The van der Waals surface area contributed by atoms with Crippen molar-refractivity contribution in [3.05, 3.63) is 11.3 Å². The van der Waals surface area contributed by atoms with Crippen molar-refractivity contribution in [2.45, 2.75) is 39.2 Å². The van der Waals surface area contributed by atoms with Crippen molar-refractivity contribution in [2.75, 3.05) is 0 Å². The summed E-state index contributed by atoms with van der Waals surface area (Å²) >= 11 is 0. The number of hydrogen-bond donors (Lipinski definition) is 0. The molecule has 0 fully saturated rings. The van der Waals surface area contributed by atoms with Gasteiger partial charge in [-0.3, -0.25) is 4.79 Å². The van der Waals surface area contributed by atoms with Gasteiger partial charge in [0.25, 0.3) is 5.88 Å². The molecule has 0 unspecified atom stereocenters. The molecule has 0 spiro atoms. The topological polar surface area (TPSA) is 52.3 Å². The summed E-state index contributed by atoms with van der Waals surface area (Å²) in [7, 11) is 0. The van der Waals surface area contributed by atoms with E-state index in [1.54, 1.807) is 0 Å². The lowest BCUT2D eigenvalue weighted by molar-refractivity contribution is 0.0964. The second-order valence-corrected chi connectivity index (χ2v) is 3.73. The summed E-state index contributed by atoms with van der Waals surface area (Å²) < 4.78 is 10.5. The molecular formula is C10H13NO3. The highest BCUT2D eigenvalue weighted by Gasteiger charge is 2.27. The number of hydrogen-bond acceptors (Lipinski definition) is 4. The maximum absolute atomic E-state index is 11.6. The molecule has 4 heteroatoms. The van der Waals surface area contributed by atoms with E-state index in [9.17, 15) is 4.79 Å². The van der Waals surface area contributed by atoms with E-state index in [0.29, 0.717) is 23.6 Å². The number of ketones is 1. The van der Waals surface area contributed by atoms with Crippen molar-refractivity contribution in [3.63, 3.8) is 0 Å². The Kier molecular flexibility index (Phi) is 2.27. The van der Waals surface area contributed by atoms with Crippen molar-refractivity contribution in [3.8, 4) is 5.88 Å². The summed E-state index contributed by atoms with van der Waals surface area (Å²) in [6.45, 7) is 3.79. The van der Waals surface area contributed by atoms with Crippen LogP contribution in [0, 0.1) is 0 Å². The summed E-state index contributed by atoms with van der Waals surface area (Å²) in [5.74, 6) is 1.12. The standard InChI is InChI=1S/C10H13NO3/c1-6(2)13-10-9-7(12)4-3-5-8(9)14-11-10/h6H,3-5H2,1-2H3. The average molecular weight is 195 g/mol. The fourth-order valence-electron chi connectivity index (χ4n) is 1.59. The van der Waals surface area contributed by atoms with Crippen LogP contribution in [0.5, 0.6) is 5.88 Å². The molecule has 0 saturated heterocycles. The van der Waals surface area contributed by atoms with Gasteiger partial charge in [0, 0.05) is 12.8 Å². The average Bonchev–Trinajstić information content (AvgIpc) is 2.49. The molecule has 4 nitrogen and oxygen atoms in total. The molecule has 1 aromatic rings. The van der Waals surface area contributed by atoms with Gasteiger partial charge in [-0.25, -0.2) is 0 Å². The van der Waals surface area contributed by atoms with Gasteiger partial charge in [0.05, 0.1) is 6.10 Å². The highest BCUT2D eigenvalue weighted by molar-refractivity contribution is 5.99. The third kappa shape index (κ3) is 1.52. The number of rotatable bonds is 2. The largest absolute Gasteiger partial charge is 0.472 e. The zero-order chi connectivity index (χ0) is 10.1. The monoisotopic (exact) mass is 195 g/mol. The van der Waals surface area contributed by atoms with Gasteiger partial charge in [0.15, 0.2) is 11.5 Å². The third-order valence-corrected chi connectivity index (χ3v) is 2.17. The zero-order valence-electron chi connectivity index (χ0n) is 8.37. The lowest BCUT2D eigenvalue weighted by atomic mass is 9.97. The Bertz CT molecular complexity index is 354. The first-order valence-corrected chi connectivity index (χ1v) is 4.87. The molecule has 76 valence electrons. The minimum Gasteiger partial charge on any atom is -0.472 e. The zero-order valence-corrected chi connectivity index (χ0v) is 8.37. The number of aromatic nitrogens is 1. The first kappa shape index (κ1) is 9.24. The smallest absolute Gasteiger partial charge is 0.265 e. The number of carbonyl (C=O) groups is 1. The first-order chi connectivity index (χ1) is 6.68. The minimum atomic E-state index is 0.0129. The Morgan fingerprint density at radius 3 is 2.93 bits per heavy atom. The second kappa shape index (κ2) is 3.44. The number of nitrogens with zero attached hydrogens (tertiary/aromatic N) is 1. The van der Waals surface area contributed by atoms with Crippen LogP contribution in [0.2, 0.25) is 0 Å². The summed E-state index contributed by atoms with van der Waals surface area (Å²) in [4.78, 5) is 11.6. The molecule has 1 aromatic heterocycles. The van der Waals surface area contributed by atoms with E-state index in [1.165, 1.54) is 0 Å². The number of fused-ring (bicyclic) bond motifs is 1. The highest BCUT2D eigenvalue weighted by Crippen LogP contribution is 2.29. The molecule has 0 saturated carbocycles. The molecule has 0 radical (unpaired) electrons. The van der Waals surface area contributed by atoms with Crippen LogP contribution in [0.4, 0.5) is 0 Å². The van der Waals surface area contributed by atoms with Gasteiger partial charge in [0.1, 0.15) is 5.56 Å². The van der Waals surface area contributed by atoms with Crippen LogP contribution in [-0.2, 0) is 6.42 Å². The SMILES string of the molecule is CC(C)Oc1noc2c1C(=O)CCC2. The highest BCUT2D eigenvalue weighted by atomic mass is 16.5. The van der Waals surface area contributed by atoms with Gasteiger partial charge in [-0.05, 0) is 25.4 Å². The molecule has 0 amide bonds. The number of ether oxygens (including phenoxy) is 1. The van der Waals surface area contributed by atoms with Crippen molar-refractivity contribution < 1.29 is 14.1 Å². The number of carbonyl (C=O) groups excluding carboxylic acids is 1. The quantitative estimate of drug-likeness (QED) is 0.724. The molecule has 1 aliphatic carbocycles. The predicted molar refractivity (Wildman–Crippen MR) is 49.5 cm³/mol. The molecule has 0 aliphatic heterocycles. The van der Waals surface area contributed by atoms with E-state index in [2.05, 4.69) is 5.16 Å². The van der Waals surface area contributed by atoms with E-state index in [-0.39, 0.29) is 11.9 Å². The molecule has 0 aromatic carbocycles. The van der Waals surface area contributed by atoms with Gasteiger partial charge in [-0.2, -0.15) is 0 Å². The lowest BCUT2D eigenvalue weighted by Gasteiger charge is -2.10. The van der Waals surface area contributed by atoms with Gasteiger partial charge in [-0.15, -0.1) is 0 Å². The molecule has 0 atom stereocenters. The van der Waals surface area contributed by atoms with Gasteiger partial charge < -0.3 is 9.26 Å². The molecule has 1 aliphatic rings. The maximum Gasteiger partial charge on any atom is 0.265 e. The Hall–Kier alpha value is -1.32. The number of Topliss-reactive ketones (excluding diaryl/α,β-unsaturated/α-hetero) is 1. The Balaban J connectivity index is 2.33. The maximum atomic E-state index is 11.6. The van der Waals surface area contributed by atoms with Crippen LogP contribution in [0.3, 0.4) is 0 Å². The van der Waals surface area contributed by atoms with Crippen LogP contribution in [0.25, 0.3) is 0 Å². The molecule has 14 heavy (non-hydrogen) atoms. The first-order valence-electron chi connectivity index (χ1n) is 4.87. The summed E-state index contributed by atoms with van der Waals surface area (Å²) in [6, 6.07) is 0. The van der Waals surface area contributed by atoms with Crippen molar-refractivity contribution in [1.29, 1.82) is 0 Å². The van der Waals surface area contributed by atoms with E-state index >= 15 is 0 Å². The van der Waals surface area contributed by atoms with Gasteiger partial charge >= 0.3 is 0 Å². The molecule has 2 rings (SSSR count). The van der Waals surface area contributed by atoms with E-state index in [0.717, 1.165) is 12.8 Å². The lowest BCUT2D eigenvalue weighted by Crippen LogP contribution is -2.13. The fraction of sp³-hybridized carbons (Fsp3) is 0.600. The third-order valence-electron chi connectivity index (χ3n) is 2.17. The number of aryl methyl sites for hydroxylation is 1. The van der Waals surface area contributed by atoms with Crippen molar-refractivity contribution >= 4 is 5.78 Å². The summed E-state index contributed by atoms with van der Waals surface area (Å²) in [5, 5.41) is 3.77. The van der Waals surface area contributed by atoms with Crippen molar-refractivity contribution in [1.82, 2.24) is 5.16 Å². The molecule has 1 heterocycles. The van der Waals surface area contributed by atoms with Crippen LogP contribution in [0.1, 0.15) is 42.8 Å². The summed E-state index contributed by atoms with van der Waals surface area (Å²) in [6.07, 6.45) is 2.22. The normalized spacial score (nSPS) is 15.8. The molecular weight excluding hydrogens is 182 g/mol. The van der Waals surface area contributed by atoms with E-state index in [4.69, 9.17) is 9.26 Å². The van der Waals surface area contributed by atoms with Gasteiger partial charge in [-0.1, -0.05) is 0 Å². The van der Waals surface area contributed by atoms with Crippen LogP contribution < -0.4 is 4.74 Å². The fourth-order valence-corrected chi connectivity index (χ4v) is 1.59. The Labute approximate surface area is 82.2 Å². The van der Waals surface area contributed by atoms with Crippen LogP contribution >= 0.6 is 0 Å². The van der Waals surface area contributed by atoms with Crippen molar-refractivity contribution in [2.24, 2.45) is 0 Å². The Morgan fingerprint density at radius 2 is 2.21 bits per heavy atom. The molecule has 0 N–H and O–H groups in total. The molecule has 0 bridgehead atoms. The Morgan fingerprint density at radius 1 is 1.43 bits per heavy atom. The predicted octanol–water partition coefficient (Wildman–Crippen LogP) is 1.98. The van der Waals surface area contributed by atoms with Gasteiger partial charge in [0.2, 0.25) is 0 Å². The van der Waals surface area contributed by atoms with E-state index < -0.39 is 0 Å². The van der Waals surface area contributed by atoms with Crippen LogP contribution in [-0.4, -0.2) is 17.0 Å². The minimum absolute atomic E-state index is 0.0129.